The second-order valence-electron chi connectivity index (χ2n) is 8.89. The molecular weight excluding hydrogens is 325 g/mol. The number of nitrogens with zero attached hydrogens (tertiary/aromatic N) is 1. The average Bonchev–Trinajstić information content (AvgIpc) is 2.92. The largest absolute Gasteiger partial charge is 0.663 e. The predicted octanol–water partition coefficient (Wildman–Crippen LogP) is 4.72. The SMILES string of the molecule is C=CC[N+]1=C(C)O[B-](C2CCCCC2)(C2CCCCC2)C1(C)C(=O)OC. The summed E-state index contributed by atoms with van der Waals surface area (Å²) < 4.78 is 14.4. The number of carbonyl (C=O) groups excluding carboxylic acids is 1. The first-order chi connectivity index (χ1) is 12.5. The summed E-state index contributed by atoms with van der Waals surface area (Å²) in [5.41, 5.74) is -0.725. The van der Waals surface area contributed by atoms with Crippen molar-refractivity contribution < 1.29 is 18.8 Å². The molecule has 0 saturated heterocycles. The molecule has 1 aliphatic heterocycles. The van der Waals surface area contributed by atoms with Crippen molar-refractivity contribution in [2.75, 3.05) is 13.7 Å². The highest BCUT2D eigenvalue weighted by molar-refractivity contribution is 6.84. The first kappa shape index (κ1) is 19.5. The molecule has 0 spiro atoms. The van der Waals surface area contributed by atoms with E-state index in [1.54, 1.807) is 0 Å². The fourth-order valence-electron chi connectivity index (χ4n) is 6.73. The Balaban J connectivity index is 2.14. The van der Waals surface area contributed by atoms with Crippen molar-refractivity contribution in [3.05, 3.63) is 12.7 Å². The predicted molar refractivity (Wildman–Crippen MR) is 107 cm³/mol. The molecule has 2 aliphatic carbocycles. The van der Waals surface area contributed by atoms with Crippen molar-refractivity contribution in [1.29, 1.82) is 0 Å². The molecule has 1 heterocycles. The van der Waals surface area contributed by atoms with Gasteiger partial charge in [-0.25, -0.2) is 9.37 Å². The molecule has 3 rings (SSSR count). The number of carbonyl (C=O) groups is 1. The smallest absolute Gasteiger partial charge is 0.341 e. The molecule has 3 aliphatic rings. The number of rotatable bonds is 5. The lowest BCUT2D eigenvalue weighted by Gasteiger charge is -2.54. The van der Waals surface area contributed by atoms with Crippen molar-refractivity contribution in [3.8, 4) is 0 Å². The Morgan fingerprint density at radius 2 is 1.69 bits per heavy atom. The third kappa shape index (κ3) is 2.82. The minimum atomic E-state index is -1.37. The Kier molecular flexibility index (Phi) is 5.83. The topological polar surface area (TPSA) is 38.5 Å². The van der Waals surface area contributed by atoms with Crippen molar-refractivity contribution in [3.63, 3.8) is 0 Å². The average molecular weight is 361 g/mol. The summed E-state index contributed by atoms with van der Waals surface area (Å²) in [4.78, 5) is 13.3. The van der Waals surface area contributed by atoms with Gasteiger partial charge in [0.2, 0.25) is 0 Å². The molecule has 26 heavy (non-hydrogen) atoms. The van der Waals surface area contributed by atoms with Gasteiger partial charge in [-0.3, -0.25) is 0 Å². The molecule has 146 valence electrons. The zero-order valence-corrected chi connectivity index (χ0v) is 17.0. The van der Waals surface area contributed by atoms with Crippen LogP contribution in [0.15, 0.2) is 12.7 Å². The molecule has 2 fully saturated rings. The molecule has 0 bridgehead atoms. The number of ether oxygens (including phenoxy) is 1. The first-order valence-corrected chi connectivity index (χ1v) is 10.7. The van der Waals surface area contributed by atoms with E-state index in [0.29, 0.717) is 18.2 Å². The highest BCUT2D eigenvalue weighted by Gasteiger charge is 2.69. The van der Waals surface area contributed by atoms with Crippen LogP contribution < -0.4 is 0 Å². The van der Waals surface area contributed by atoms with E-state index in [9.17, 15) is 4.79 Å². The van der Waals surface area contributed by atoms with Crippen LogP contribution in [0.2, 0.25) is 11.6 Å². The molecule has 0 aromatic heterocycles. The van der Waals surface area contributed by atoms with E-state index in [1.807, 2.05) is 13.0 Å². The third-order valence-corrected chi connectivity index (χ3v) is 7.80. The van der Waals surface area contributed by atoms with Crippen molar-refractivity contribution in [1.82, 2.24) is 0 Å². The Morgan fingerprint density at radius 1 is 1.19 bits per heavy atom. The highest BCUT2D eigenvalue weighted by atomic mass is 16.5. The van der Waals surface area contributed by atoms with Crippen LogP contribution in [0.5, 0.6) is 0 Å². The minimum absolute atomic E-state index is 0.132. The van der Waals surface area contributed by atoms with Crippen LogP contribution >= 0.6 is 0 Å². The van der Waals surface area contributed by atoms with E-state index in [-0.39, 0.29) is 5.97 Å². The molecule has 0 aromatic rings. The van der Waals surface area contributed by atoms with Crippen LogP contribution in [0, 0.1) is 0 Å². The second kappa shape index (κ2) is 7.78. The van der Waals surface area contributed by atoms with Crippen LogP contribution in [0.3, 0.4) is 0 Å². The third-order valence-electron chi connectivity index (χ3n) is 7.80. The summed E-state index contributed by atoms with van der Waals surface area (Å²) in [6.45, 7) is 8.68. The lowest BCUT2D eigenvalue weighted by atomic mass is 9.15. The Hall–Kier alpha value is -1.26. The zero-order valence-electron chi connectivity index (χ0n) is 17.0. The Bertz CT molecular complexity index is 558. The summed E-state index contributed by atoms with van der Waals surface area (Å²) in [5, 5.41) is 0. The molecule has 1 unspecified atom stereocenters. The maximum absolute atomic E-state index is 13.3. The molecule has 2 saturated carbocycles. The van der Waals surface area contributed by atoms with Gasteiger partial charge in [-0.1, -0.05) is 70.8 Å². The summed E-state index contributed by atoms with van der Waals surface area (Å²) in [7, 11) is 1.52. The van der Waals surface area contributed by atoms with Crippen molar-refractivity contribution in [2.24, 2.45) is 0 Å². The quantitative estimate of drug-likeness (QED) is 0.308. The first-order valence-electron chi connectivity index (χ1n) is 10.7. The molecule has 0 aromatic carbocycles. The van der Waals surface area contributed by atoms with E-state index in [2.05, 4.69) is 18.1 Å². The van der Waals surface area contributed by atoms with Crippen LogP contribution in [-0.4, -0.2) is 41.9 Å². The van der Waals surface area contributed by atoms with Gasteiger partial charge in [0.15, 0.2) is 12.0 Å². The number of methoxy groups -OCH3 is 1. The normalized spacial score (nSPS) is 30.1. The fourth-order valence-corrected chi connectivity index (χ4v) is 6.73. The van der Waals surface area contributed by atoms with Crippen LogP contribution in [0.4, 0.5) is 0 Å². The molecule has 5 heteroatoms. The van der Waals surface area contributed by atoms with Crippen LogP contribution in [-0.2, 0) is 14.2 Å². The molecular formula is C21H36BNO3. The van der Waals surface area contributed by atoms with Gasteiger partial charge in [0.1, 0.15) is 0 Å². The monoisotopic (exact) mass is 361 g/mol. The van der Waals surface area contributed by atoms with Crippen molar-refractivity contribution in [2.45, 2.75) is 95.1 Å². The van der Waals surface area contributed by atoms with Gasteiger partial charge >= 0.3 is 5.97 Å². The Morgan fingerprint density at radius 3 is 2.12 bits per heavy atom. The van der Waals surface area contributed by atoms with E-state index in [4.69, 9.17) is 9.39 Å². The maximum Gasteiger partial charge on any atom is 0.341 e. The summed E-state index contributed by atoms with van der Waals surface area (Å²) in [5.74, 6) is 1.70. The number of esters is 1. The number of hydrogen-bond acceptors (Lipinski definition) is 3. The van der Waals surface area contributed by atoms with Gasteiger partial charge in [-0.2, -0.15) is 0 Å². The van der Waals surface area contributed by atoms with E-state index in [1.165, 1.54) is 71.3 Å². The second-order valence-corrected chi connectivity index (χ2v) is 8.89. The Labute approximate surface area is 159 Å². The number of hydrogen-bond donors (Lipinski definition) is 0. The maximum atomic E-state index is 13.3. The van der Waals surface area contributed by atoms with Crippen LogP contribution in [0.1, 0.15) is 78.1 Å². The summed E-state index contributed by atoms with van der Waals surface area (Å²) in [6.07, 6.45) is 12.8. The zero-order chi connectivity index (χ0) is 18.8. The van der Waals surface area contributed by atoms with E-state index >= 15 is 0 Å². The molecule has 1 atom stereocenters. The van der Waals surface area contributed by atoms with Crippen molar-refractivity contribution >= 4 is 18.2 Å². The van der Waals surface area contributed by atoms with Gasteiger partial charge in [0.05, 0.1) is 14.0 Å². The highest BCUT2D eigenvalue weighted by Crippen LogP contribution is 2.56. The standard InChI is InChI=1S/C21H36BNO3/c1-5-16-23-17(2)26-22(18-12-8-6-9-13-18,19-14-10-7-11-15-19)21(23,3)20(24)25-4/h5,18-19H,1,6-16H2,2-4H3. The van der Waals surface area contributed by atoms with E-state index < -0.39 is 11.8 Å². The van der Waals surface area contributed by atoms with Gasteiger partial charge in [0.25, 0.3) is 12.2 Å². The minimum Gasteiger partial charge on any atom is -0.663 e. The molecule has 0 amide bonds. The van der Waals surface area contributed by atoms with Gasteiger partial charge < -0.3 is 9.39 Å². The van der Waals surface area contributed by atoms with Gasteiger partial charge in [-0.15, -0.1) is 11.6 Å². The van der Waals surface area contributed by atoms with Crippen LogP contribution in [0.25, 0.3) is 0 Å². The fraction of sp³-hybridized carbons (Fsp3) is 0.810. The lowest BCUT2D eigenvalue weighted by molar-refractivity contribution is -0.560. The summed E-state index contributed by atoms with van der Waals surface area (Å²) in [6, 6.07) is 0. The summed E-state index contributed by atoms with van der Waals surface area (Å²) >= 11 is 0. The molecule has 4 nitrogen and oxygen atoms in total. The molecule has 0 radical (unpaired) electrons. The van der Waals surface area contributed by atoms with E-state index in [0.717, 1.165) is 5.90 Å². The lowest BCUT2D eigenvalue weighted by Crippen LogP contribution is -2.69. The van der Waals surface area contributed by atoms with Gasteiger partial charge in [0, 0.05) is 0 Å². The van der Waals surface area contributed by atoms with Gasteiger partial charge in [-0.05, 0) is 13.0 Å². The molecule has 0 N–H and O–H groups in total.